The van der Waals surface area contributed by atoms with E-state index in [0.717, 1.165) is 5.56 Å². The van der Waals surface area contributed by atoms with E-state index in [9.17, 15) is 9.18 Å². The highest BCUT2D eigenvalue weighted by molar-refractivity contribution is 5.70. The maximum atomic E-state index is 13.9. The molecule has 0 saturated carbocycles. The van der Waals surface area contributed by atoms with Crippen LogP contribution in [-0.2, 0) is 16.1 Å². The molecule has 0 spiro atoms. The quantitative estimate of drug-likeness (QED) is 0.829. The van der Waals surface area contributed by atoms with Crippen molar-refractivity contribution < 1.29 is 13.9 Å². The Morgan fingerprint density at radius 3 is 2.48 bits per heavy atom. The van der Waals surface area contributed by atoms with Gasteiger partial charge in [-0.1, -0.05) is 48.5 Å². The Morgan fingerprint density at radius 2 is 1.81 bits per heavy atom. The van der Waals surface area contributed by atoms with Crippen molar-refractivity contribution in [1.29, 1.82) is 0 Å². The number of hydrogen-bond acceptors (Lipinski definition) is 3. The van der Waals surface area contributed by atoms with Gasteiger partial charge in [0.25, 0.3) is 0 Å². The van der Waals surface area contributed by atoms with E-state index in [1.807, 2.05) is 30.3 Å². The van der Waals surface area contributed by atoms with E-state index in [1.165, 1.54) is 13.2 Å². The van der Waals surface area contributed by atoms with Gasteiger partial charge in [-0.15, -0.1) is 0 Å². The number of ether oxygens (including phenoxy) is 1. The third kappa shape index (κ3) is 4.39. The van der Waals surface area contributed by atoms with Crippen molar-refractivity contribution in [2.24, 2.45) is 0 Å². The molecule has 110 valence electrons. The minimum atomic E-state index is -0.418. The first-order valence-electron chi connectivity index (χ1n) is 6.79. The van der Waals surface area contributed by atoms with Crippen molar-refractivity contribution in [3.63, 3.8) is 0 Å². The van der Waals surface area contributed by atoms with Crippen molar-refractivity contribution in [3.05, 3.63) is 71.5 Å². The van der Waals surface area contributed by atoms with Gasteiger partial charge >= 0.3 is 5.97 Å². The van der Waals surface area contributed by atoms with Gasteiger partial charge in [-0.25, -0.2) is 4.39 Å². The first-order chi connectivity index (χ1) is 10.2. The summed E-state index contributed by atoms with van der Waals surface area (Å²) < 4.78 is 18.6. The molecule has 1 unspecified atom stereocenters. The van der Waals surface area contributed by atoms with Crippen molar-refractivity contribution >= 4 is 5.97 Å². The molecule has 0 aromatic heterocycles. The number of benzene rings is 2. The first kappa shape index (κ1) is 15.2. The van der Waals surface area contributed by atoms with E-state index in [-0.39, 0.29) is 18.2 Å². The van der Waals surface area contributed by atoms with Crippen LogP contribution in [0.3, 0.4) is 0 Å². The molecule has 0 bridgehead atoms. The predicted octanol–water partition coefficient (Wildman–Crippen LogP) is 3.22. The normalized spacial score (nSPS) is 11.9. The molecular weight excluding hydrogens is 269 g/mol. The van der Waals surface area contributed by atoms with E-state index in [0.29, 0.717) is 12.1 Å². The Labute approximate surface area is 123 Å². The van der Waals surface area contributed by atoms with Crippen molar-refractivity contribution in [3.8, 4) is 0 Å². The topological polar surface area (TPSA) is 38.3 Å². The third-order valence-electron chi connectivity index (χ3n) is 3.27. The molecule has 2 aromatic rings. The Kier molecular flexibility index (Phi) is 5.46. The SMILES string of the molecule is COC(=O)CC(NCc1ccccc1)c1ccccc1F. The van der Waals surface area contributed by atoms with Gasteiger partial charge in [0.15, 0.2) is 0 Å². The van der Waals surface area contributed by atoms with Gasteiger partial charge in [-0.2, -0.15) is 0 Å². The van der Waals surface area contributed by atoms with E-state index in [2.05, 4.69) is 5.32 Å². The average molecular weight is 287 g/mol. The highest BCUT2D eigenvalue weighted by Crippen LogP contribution is 2.21. The van der Waals surface area contributed by atoms with Gasteiger partial charge < -0.3 is 10.1 Å². The summed E-state index contributed by atoms with van der Waals surface area (Å²) in [5, 5.41) is 3.22. The van der Waals surface area contributed by atoms with Crippen LogP contribution in [0.25, 0.3) is 0 Å². The fourth-order valence-corrected chi connectivity index (χ4v) is 2.14. The summed E-state index contributed by atoms with van der Waals surface area (Å²) in [6.45, 7) is 0.552. The number of methoxy groups -OCH3 is 1. The standard InChI is InChI=1S/C17H18FNO2/c1-21-17(20)11-16(14-9-5-6-10-15(14)18)19-12-13-7-3-2-4-8-13/h2-10,16,19H,11-12H2,1H3. The second kappa shape index (κ2) is 7.55. The van der Waals surface area contributed by atoms with E-state index < -0.39 is 6.04 Å². The van der Waals surface area contributed by atoms with Crippen LogP contribution in [0.2, 0.25) is 0 Å². The Balaban J connectivity index is 2.12. The van der Waals surface area contributed by atoms with Crippen LogP contribution in [0.15, 0.2) is 54.6 Å². The summed E-state index contributed by atoms with van der Waals surface area (Å²) in [6.07, 6.45) is 0.0876. The Morgan fingerprint density at radius 1 is 1.14 bits per heavy atom. The molecule has 0 aliphatic rings. The number of halogens is 1. The van der Waals surface area contributed by atoms with Gasteiger partial charge in [0.1, 0.15) is 5.82 Å². The second-order valence-corrected chi connectivity index (χ2v) is 4.72. The molecule has 0 saturated heterocycles. The monoisotopic (exact) mass is 287 g/mol. The lowest BCUT2D eigenvalue weighted by Gasteiger charge is -2.19. The zero-order chi connectivity index (χ0) is 15.1. The summed E-state index contributed by atoms with van der Waals surface area (Å²) >= 11 is 0. The molecule has 0 fully saturated rings. The summed E-state index contributed by atoms with van der Waals surface area (Å²) in [6, 6.07) is 15.8. The van der Waals surface area contributed by atoms with E-state index in [1.54, 1.807) is 18.2 Å². The van der Waals surface area contributed by atoms with Gasteiger partial charge in [-0.05, 0) is 11.6 Å². The number of hydrogen-bond donors (Lipinski definition) is 1. The molecule has 4 heteroatoms. The molecule has 0 radical (unpaired) electrons. The van der Waals surface area contributed by atoms with Crippen molar-refractivity contribution in [2.75, 3.05) is 7.11 Å². The van der Waals surface area contributed by atoms with E-state index in [4.69, 9.17) is 4.74 Å². The van der Waals surface area contributed by atoms with E-state index >= 15 is 0 Å². The smallest absolute Gasteiger partial charge is 0.307 e. The molecule has 0 amide bonds. The maximum absolute atomic E-state index is 13.9. The highest BCUT2D eigenvalue weighted by atomic mass is 19.1. The van der Waals surface area contributed by atoms with Crippen molar-refractivity contribution in [1.82, 2.24) is 5.32 Å². The van der Waals surface area contributed by atoms with Gasteiger partial charge in [-0.3, -0.25) is 4.79 Å². The fraction of sp³-hybridized carbons (Fsp3) is 0.235. The molecule has 0 aliphatic carbocycles. The maximum Gasteiger partial charge on any atom is 0.307 e. The average Bonchev–Trinajstić information content (AvgIpc) is 2.53. The number of carbonyl (C=O) groups excluding carboxylic acids is 1. The zero-order valence-electron chi connectivity index (χ0n) is 11.9. The molecule has 0 heterocycles. The molecule has 1 atom stereocenters. The largest absolute Gasteiger partial charge is 0.469 e. The van der Waals surface area contributed by atoms with Crippen LogP contribution < -0.4 is 5.32 Å². The van der Waals surface area contributed by atoms with Crippen LogP contribution in [0.4, 0.5) is 4.39 Å². The third-order valence-corrected chi connectivity index (χ3v) is 3.27. The molecule has 2 rings (SSSR count). The Hall–Kier alpha value is -2.20. The summed E-state index contributed by atoms with van der Waals surface area (Å²) in [5.41, 5.74) is 1.54. The van der Waals surface area contributed by atoms with Gasteiger partial charge in [0, 0.05) is 18.2 Å². The highest BCUT2D eigenvalue weighted by Gasteiger charge is 2.19. The number of esters is 1. The summed E-state index contributed by atoms with van der Waals surface area (Å²) in [4.78, 5) is 11.5. The summed E-state index contributed by atoms with van der Waals surface area (Å²) in [5.74, 6) is -0.698. The number of rotatable bonds is 6. The molecule has 1 N–H and O–H groups in total. The minimum absolute atomic E-state index is 0.0876. The summed E-state index contributed by atoms with van der Waals surface area (Å²) in [7, 11) is 1.33. The number of nitrogens with one attached hydrogen (secondary N) is 1. The zero-order valence-corrected chi connectivity index (χ0v) is 11.9. The lowest BCUT2D eigenvalue weighted by atomic mass is 10.0. The lowest BCUT2D eigenvalue weighted by Crippen LogP contribution is -2.25. The molecular formula is C17H18FNO2. The fourth-order valence-electron chi connectivity index (χ4n) is 2.14. The van der Waals surface area contributed by atoms with Crippen LogP contribution in [0, 0.1) is 5.82 Å². The molecule has 21 heavy (non-hydrogen) atoms. The molecule has 0 aliphatic heterocycles. The second-order valence-electron chi connectivity index (χ2n) is 4.72. The van der Waals surface area contributed by atoms with Gasteiger partial charge in [0.05, 0.1) is 13.5 Å². The van der Waals surface area contributed by atoms with Crippen LogP contribution in [0.5, 0.6) is 0 Å². The Bertz CT molecular complexity index is 586. The lowest BCUT2D eigenvalue weighted by molar-refractivity contribution is -0.141. The molecule has 3 nitrogen and oxygen atoms in total. The van der Waals surface area contributed by atoms with Crippen LogP contribution in [-0.4, -0.2) is 13.1 Å². The van der Waals surface area contributed by atoms with Crippen molar-refractivity contribution in [2.45, 2.75) is 19.0 Å². The predicted molar refractivity (Wildman–Crippen MR) is 79.1 cm³/mol. The minimum Gasteiger partial charge on any atom is -0.469 e. The van der Waals surface area contributed by atoms with Crippen LogP contribution >= 0.6 is 0 Å². The van der Waals surface area contributed by atoms with Crippen LogP contribution in [0.1, 0.15) is 23.6 Å². The number of carbonyl (C=O) groups is 1. The van der Waals surface area contributed by atoms with Gasteiger partial charge in [0.2, 0.25) is 0 Å². The first-order valence-corrected chi connectivity index (χ1v) is 6.79. The molecule has 2 aromatic carbocycles.